The molecule has 0 radical (unpaired) electrons. The fourth-order valence-corrected chi connectivity index (χ4v) is 9.11. The van der Waals surface area contributed by atoms with Gasteiger partial charge in [0.25, 0.3) is 0 Å². The zero-order chi connectivity index (χ0) is 32.5. The molecule has 12 rings (SSSR count). The van der Waals surface area contributed by atoms with Crippen molar-refractivity contribution in [1.29, 1.82) is 0 Å². The first kappa shape index (κ1) is 26.3. The number of nitrogens with zero attached hydrogens (tertiary/aromatic N) is 1. The molecule has 2 aromatic heterocycles. The summed E-state index contributed by atoms with van der Waals surface area (Å²) in [5.41, 5.74) is 13.3. The molecule has 50 heavy (non-hydrogen) atoms. The smallest absolute Gasteiger partial charge is 0.136 e. The summed E-state index contributed by atoms with van der Waals surface area (Å²) in [6.07, 6.45) is 0. The Labute approximate surface area is 287 Å². The van der Waals surface area contributed by atoms with Gasteiger partial charge in [-0.3, -0.25) is 0 Å². The van der Waals surface area contributed by atoms with E-state index in [-0.39, 0.29) is 0 Å². The zero-order valence-corrected chi connectivity index (χ0v) is 26.9. The second-order valence-corrected chi connectivity index (χ2v) is 13.6. The van der Waals surface area contributed by atoms with Gasteiger partial charge in [-0.05, 0) is 96.7 Å². The Hall–Kier alpha value is -6.64. The quantitative estimate of drug-likeness (QED) is 0.185. The Morgan fingerprint density at radius 1 is 0.280 bits per heavy atom. The maximum atomic E-state index is 6.28. The lowest BCUT2D eigenvalue weighted by molar-refractivity contribution is 0.669. The van der Waals surface area contributed by atoms with E-state index >= 15 is 0 Å². The maximum absolute atomic E-state index is 6.28. The van der Waals surface area contributed by atoms with Crippen LogP contribution in [0.15, 0.2) is 168 Å². The molecule has 0 aliphatic heterocycles. The molecule has 0 fully saturated rings. The Bertz CT molecular complexity index is 3240. The number of aromatic nitrogens is 1. The summed E-state index contributed by atoms with van der Waals surface area (Å²) in [6.45, 7) is 0. The number of hydrogen-bond acceptors (Lipinski definition) is 1. The van der Waals surface area contributed by atoms with Crippen molar-refractivity contribution in [2.24, 2.45) is 0 Å². The highest BCUT2D eigenvalue weighted by Gasteiger charge is 2.24. The summed E-state index contributed by atoms with van der Waals surface area (Å²) >= 11 is 0. The molecule has 230 valence electrons. The lowest BCUT2D eigenvalue weighted by atomic mass is 9.91. The van der Waals surface area contributed by atoms with E-state index in [9.17, 15) is 0 Å². The molecule has 2 heteroatoms. The van der Waals surface area contributed by atoms with Crippen molar-refractivity contribution in [3.8, 4) is 39.1 Å². The molecule has 0 atom stereocenters. The highest BCUT2D eigenvalue weighted by Crippen LogP contribution is 2.50. The summed E-state index contributed by atoms with van der Waals surface area (Å²) in [4.78, 5) is 0. The predicted octanol–water partition coefficient (Wildman–Crippen LogP) is 13.5. The third-order valence-electron chi connectivity index (χ3n) is 11.2. The number of furan rings is 1. The van der Waals surface area contributed by atoms with Gasteiger partial charge in [0.1, 0.15) is 11.2 Å². The first-order chi connectivity index (χ1) is 24.8. The van der Waals surface area contributed by atoms with Crippen molar-refractivity contribution in [1.82, 2.24) is 4.57 Å². The molecule has 9 aromatic carbocycles. The Kier molecular flexibility index (Phi) is 5.00. The SMILES string of the molecule is c1ccc2c(c1)-c1cccc3c(-c4ccc(-n5c6ccccc6c6c7ccc8oc9ccccc9c8c7ccc65)c5ccccc45)ccc-2c13. The molecule has 1 aliphatic rings. The Balaban J connectivity index is 1.14. The molecule has 0 bridgehead atoms. The van der Waals surface area contributed by atoms with Crippen LogP contribution in [0.5, 0.6) is 0 Å². The summed E-state index contributed by atoms with van der Waals surface area (Å²) in [5.74, 6) is 0. The number of rotatable bonds is 2. The average Bonchev–Trinajstić information content (AvgIpc) is 3.84. The van der Waals surface area contributed by atoms with E-state index in [1.807, 2.05) is 6.07 Å². The van der Waals surface area contributed by atoms with Crippen molar-refractivity contribution in [2.45, 2.75) is 0 Å². The Morgan fingerprint density at radius 2 is 0.880 bits per heavy atom. The van der Waals surface area contributed by atoms with Gasteiger partial charge in [-0.2, -0.15) is 0 Å². The van der Waals surface area contributed by atoms with Gasteiger partial charge in [0.15, 0.2) is 0 Å². The van der Waals surface area contributed by atoms with Crippen molar-refractivity contribution >= 4 is 76.1 Å². The molecule has 2 heterocycles. The van der Waals surface area contributed by atoms with Crippen LogP contribution in [0.1, 0.15) is 0 Å². The second kappa shape index (κ2) is 9.49. The molecule has 0 unspecified atom stereocenters. The van der Waals surface area contributed by atoms with Gasteiger partial charge in [0, 0.05) is 26.9 Å². The van der Waals surface area contributed by atoms with E-state index in [2.05, 4.69) is 162 Å². The van der Waals surface area contributed by atoms with Crippen LogP contribution in [0.4, 0.5) is 0 Å². The fourth-order valence-electron chi connectivity index (χ4n) is 9.11. The van der Waals surface area contributed by atoms with Gasteiger partial charge in [-0.15, -0.1) is 0 Å². The van der Waals surface area contributed by atoms with E-state index < -0.39 is 0 Å². The number of para-hydroxylation sites is 2. The number of hydrogen-bond donors (Lipinski definition) is 0. The molecular weight excluding hydrogens is 607 g/mol. The van der Waals surface area contributed by atoms with Gasteiger partial charge < -0.3 is 8.98 Å². The molecule has 0 N–H and O–H groups in total. The molecule has 11 aromatic rings. The van der Waals surface area contributed by atoms with Crippen LogP contribution >= 0.6 is 0 Å². The van der Waals surface area contributed by atoms with Crippen LogP contribution in [0.2, 0.25) is 0 Å². The second-order valence-electron chi connectivity index (χ2n) is 13.6. The zero-order valence-electron chi connectivity index (χ0n) is 26.9. The van der Waals surface area contributed by atoms with E-state index in [0.29, 0.717) is 0 Å². The normalized spacial score (nSPS) is 12.4. The molecule has 0 spiro atoms. The molecule has 0 amide bonds. The standard InChI is InChI=1S/C48H27NO/c1-2-12-30-29(11-1)34-16-9-17-35-32(20-21-36(30)46(34)35)31-22-25-42(33-13-4-3-10-28(31)33)49-41-18-7-5-14-39(41)47-37-24-27-45-48(38(37)23-26-43(47)49)40-15-6-8-19-44(40)50-45/h1-27H. The minimum atomic E-state index is 0.925. The topological polar surface area (TPSA) is 18.1 Å². The maximum Gasteiger partial charge on any atom is 0.136 e. The third kappa shape index (κ3) is 3.28. The van der Waals surface area contributed by atoms with Crippen LogP contribution in [0.3, 0.4) is 0 Å². The van der Waals surface area contributed by atoms with Gasteiger partial charge in [-0.25, -0.2) is 0 Å². The summed E-state index contributed by atoms with van der Waals surface area (Å²) in [6, 6.07) is 60.0. The lowest BCUT2D eigenvalue weighted by Gasteiger charge is -2.16. The summed E-state index contributed by atoms with van der Waals surface area (Å²) in [7, 11) is 0. The first-order valence-corrected chi connectivity index (χ1v) is 17.3. The van der Waals surface area contributed by atoms with E-state index in [1.54, 1.807) is 0 Å². The fraction of sp³-hybridized carbons (Fsp3) is 0. The van der Waals surface area contributed by atoms with Crippen molar-refractivity contribution < 1.29 is 4.42 Å². The molecule has 1 aliphatic carbocycles. The molecule has 2 nitrogen and oxygen atoms in total. The van der Waals surface area contributed by atoms with E-state index in [4.69, 9.17) is 4.42 Å². The van der Waals surface area contributed by atoms with Crippen LogP contribution in [0, 0.1) is 0 Å². The van der Waals surface area contributed by atoms with Crippen molar-refractivity contribution in [3.63, 3.8) is 0 Å². The molecule has 0 saturated carbocycles. The van der Waals surface area contributed by atoms with Crippen LogP contribution < -0.4 is 0 Å². The number of benzene rings is 9. The predicted molar refractivity (Wildman–Crippen MR) is 210 cm³/mol. The van der Waals surface area contributed by atoms with Crippen LogP contribution in [-0.2, 0) is 0 Å². The minimum absolute atomic E-state index is 0.925. The van der Waals surface area contributed by atoms with E-state index in [1.165, 1.54) is 98.6 Å². The minimum Gasteiger partial charge on any atom is -0.456 e. The van der Waals surface area contributed by atoms with Crippen molar-refractivity contribution in [3.05, 3.63) is 164 Å². The highest BCUT2D eigenvalue weighted by molar-refractivity contribution is 6.29. The van der Waals surface area contributed by atoms with Gasteiger partial charge in [-0.1, -0.05) is 127 Å². The summed E-state index contributed by atoms with van der Waals surface area (Å²) in [5, 5.41) is 12.5. The van der Waals surface area contributed by atoms with Gasteiger partial charge >= 0.3 is 0 Å². The highest BCUT2D eigenvalue weighted by atomic mass is 16.3. The van der Waals surface area contributed by atoms with Gasteiger partial charge in [0.2, 0.25) is 0 Å². The average molecular weight is 634 g/mol. The van der Waals surface area contributed by atoms with Crippen LogP contribution in [-0.4, -0.2) is 4.57 Å². The third-order valence-corrected chi connectivity index (χ3v) is 11.2. The monoisotopic (exact) mass is 633 g/mol. The van der Waals surface area contributed by atoms with E-state index in [0.717, 1.165) is 16.6 Å². The largest absolute Gasteiger partial charge is 0.456 e. The van der Waals surface area contributed by atoms with Crippen LogP contribution in [0.25, 0.3) is 115 Å². The Morgan fingerprint density at radius 3 is 1.76 bits per heavy atom. The first-order valence-electron chi connectivity index (χ1n) is 17.3. The summed E-state index contributed by atoms with van der Waals surface area (Å²) < 4.78 is 8.76. The molecular formula is C48H27NO. The van der Waals surface area contributed by atoms with Crippen molar-refractivity contribution in [2.75, 3.05) is 0 Å². The van der Waals surface area contributed by atoms with Gasteiger partial charge in [0.05, 0.1) is 16.7 Å². The number of fused-ring (bicyclic) bond motifs is 13. The molecule has 0 saturated heterocycles. The lowest BCUT2D eigenvalue weighted by Crippen LogP contribution is -1.96.